The summed E-state index contributed by atoms with van der Waals surface area (Å²) >= 11 is 3.41. The van der Waals surface area contributed by atoms with Crippen molar-refractivity contribution in [1.82, 2.24) is 9.62 Å². The Labute approximate surface area is 135 Å². The number of halogens is 1. The minimum atomic E-state index is -3.51. The normalized spacial score (nSPS) is 15.4. The number of benzene rings is 1. The van der Waals surface area contributed by atoms with Gasteiger partial charge >= 0.3 is 0 Å². The van der Waals surface area contributed by atoms with Crippen LogP contribution in [-0.4, -0.2) is 32.4 Å². The highest BCUT2D eigenvalue weighted by Crippen LogP contribution is 2.29. The van der Waals surface area contributed by atoms with Gasteiger partial charge in [0.05, 0.1) is 4.90 Å². The number of sulfonamides is 1. The maximum atomic E-state index is 12.6. The van der Waals surface area contributed by atoms with Gasteiger partial charge in [-0.25, -0.2) is 8.42 Å². The van der Waals surface area contributed by atoms with Crippen LogP contribution in [0.5, 0.6) is 0 Å². The van der Waals surface area contributed by atoms with Gasteiger partial charge < -0.3 is 5.32 Å². The van der Waals surface area contributed by atoms with E-state index in [1.807, 2.05) is 13.0 Å². The first kappa shape index (κ1) is 16.7. The second kappa shape index (κ2) is 6.60. The molecule has 0 atom stereocenters. The molecule has 1 aliphatic carbocycles. The molecule has 4 nitrogen and oxygen atoms in total. The Balaban J connectivity index is 2.34. The van der Waals surface area contributed by atoms with Crippen LogP contribution in [0.4, 0.5) is 0 Å². The van der Waals surface area contributed by atoms with Gasteiger partial charge in [0.25, 0.3) is 0 Å². The zero-order valence-corrected chi connectivity index (χ0v) is 14.8. The van der Waals surface area contributed by atoms with E-state index in [1.54, 1.807) is 19.2 Å². The van der Waals surface area contributed by atoms with Gasteiger partial charge in [0, 0.05) is 30.7 Å². The summed E-state index contributed by atoms with van der Waals surface area (Å²) in [6, 6.07) is 4.37. The molecule has 1 aromatic carbocycles. The Morgan fingerprint density at radius 1 is 1.48 bits per heavy atom. The molecule has 116 valence electrons. The molecule has 1 aromatic rings. The molecule has 0 unspecified atom stereocenters. The Kier molecular flexibility index (Phi) is 5.24. The molecular formula is C15H21BrN2O2S. The number of aryl methyl sites for hydroxylation is 1. The Morgan fingerprint density at radius 2 is 2.14 bits per heavy atom. The van der Waals surface area contributed by atoms with Gasteiger partial charge in [-0.15, -0.1) is 6.58 Å². The van der Waals surface area contributed by atoms with Crippen LogP contribution >= 0.6 is 15.9 Å². The molecule has 0 aromatic heterocycles. The number of hydrogen-bond acceptors (Lipinski definition) is 3. The molecular weight excluding hydrogens is 352 g/mol. The topological polar surface area (TPSA) is 49.4 Å². The standard InChI is InChI=1S/C15H21BrN2O2S/c1-4-7-18(3)21(19,20)14-9-12(8-11(2)15(14)16)10-17-13-5-6-13/h4,8-9,13,17H,1,5-7,10H2,2-3H3. The van der Waals surface area contributed by atoms with Crippen molar-refractivity contribution in [3.8, 4) is 0 Å². The first-order valence-corrected chi connectivity index (χ1v) is 9.19. The molecule has 0 spiro atoms. The smallest absolute Gasteiger partial charge is 0.244 e. The molecule has 0 amide bonds. The van der Waals surface area contributed by atoms with Crippen molar-refractivity contribution in [2.45, 2.75) is 37.2 Å². The van der Waals surface area contributed by atoms with Crippen LogP contribution in [0.1, 0.15) is 24.0 Å². The monoisotopic (exact) mass is 372 g/mol. The fourth-order valence-electron chi connectivity index (χ4n) is 2.10. The van der Waals surface area contributed by atoms with E-state index >= 15 is 0 Å². The Bertz CT molecular complexity index is 639. The SMILES string of the molecule is C=CCN(C)S(=O)(=O)c1cc(CNC2CC2)cc(C)c1Br. The highest BCUT2D eigenvalue weighted by atomic mass is 79.9. The van der Waals surface area contributed by atoms with E-state index in [0.717, 1.165) is 11.1 Å². The van der Waals surface area contributed by atoms with Crippen molar-refractivity contribution < 1.29 is 8.42 Å². The average Bonchev–Trinajstić information content (AvgIpc) is 3.24. The van der Waals surface area contributed by atoms with Crippen molar-refractivity contribution in [3.63, 3.8) is 0 Å². The van der Waals surface area contributed by atoms with E-state index in [-0.39, 0.29) is 0 Å². The maximum Gasteiger partial charge on any atom is 0.244 e. The molecule has 0 heterocycles. The van der Waals surface area contributed by atoms with Crippen LogP contribution in [0.15, 0.2) is 34.2 Å². The van der Waals surface area contributed by atoms with Gasteiger partial charge in [-0.05, 0) is 52.9 Å². The van der Waals surface area contributed by atoms with Gasteiger partial charge in [-0.2, -0.15) is 4.31 Å². The van der Waals surface area contributed by atoms with Crippen LogP contribution in [-0.2, 0) is 16.6 Å². The van der Waals surface area contributed by atoms with Gasteiger partial charge in [-0.1, -0.05) is 12.1 Å². The van der Waals surface area contributed by atoms with E-state index in [1.165, 1.54) is 17.1 Å². The van der Waals surface area contributed by atoms with Crippen LogP contribution in [0.25, 0.3) is 0 Å². The minimum Gasteiger partial charge on any atom is -0.310 e. The van der Waals surface area contributed by atoms with E-state index in [0.29, 0.717) is 28.5 Å². The molecule has 1 saturated carbocycles. The minimum absolute atomic E-state index is 0.290. The van der Waals surface area contributed by atoms with E-state index in [9.17, 15) is 8.42 Å². The lowest BCUT2D eigenvalue weighted by Gasteiger charge is -2.18. The third-order valence-corrected chi connectivity index (χ3v) is 6.69. The van der Waals surface area contributed by atoms with Crippen molar-refractivity contribution >= 4 is 26.0 Å². The molecule has 1 aliphatic rings. The summed E-state index contributed by atoms with van der Waals surface area (Å²) in [7, 11) is -1.95. The highest BCUT2D eigenvalue weighted by Gasteiger charge is 2.25. The molecule has 1 fully saturated rings. The fourth-order valence-corrected chi connectivity index (χ4v) is 4.26. The molecule has 2 rings (SSSR count). The number of rotatable bonds is 7. The first-order valence-electron chi connectivity index (χ1n) is 6.96. The zero-order valence-electron chi connectivity index (χ0n) is 12.4. The summed E-state index contributed by atoms with van der Waals surface area (Å²) in [5, 5.41) is 3.41. The second-order valence-electron chi connectivity index (χ2n) is 5.45. The third kappa shape index (κ3) is 3.94. The maximum absolute atomic E-state index is 12.6. The number of hydrogen-bond donors (Lipinski definition) is 1. The predicted octanol–water partition coefficient (Wildman–Crippen LogP) is 2.82. The molecule has 0 aliphatic heterocycles. The molecule has 0 saturated heterocycles. The van der Waals surface area contributed by atoms with Crippen LogP contribution in [0.2, 0.25) is 0 Å². The molecule has 21 heavy (non-hydrogen) atoms. The Hall–Kier alpha value is -0.690. The van der Waals surface area contributed by atoms with Gasteiger partial charge in [0.1, 0.15) is 0 Å². The number of nitrogens with zero attached hydrogens (tertiary/aromatic N) is 1. The zero-order chi connectivity index (χ0) is 15.6. The molecule has 0 bridgehead atoms. The Morgan fingerprint density at radius 3 is 2.71 bits per heavy atom. The first-order chi connectivity index (χ1) is 9.86. The molecule has 1 N–H and O–H groups in total. The van der Waals surface area contributed by atoms with Crippen LogP contribution in [0, 0.1) is 6.92 Å². The summed E-state index contributed by atoms with van der Waals surface area (Å²) in [5.74, 6) is 0. The summed E-state index contributed by atoms with van der Waals surface area (Å²) in [4.78, 5) is 0.319. The summed E-state index contributed by atoms with van der Waals surface area (Å²) < 4.78 is 27.2. The van der Waals surface area contributed by atoms with Gasteiger partial charge in [-0.3, -0.25) is 0 Å². The largest absolute Gasteiger partial charge is 0.310 e. The van der Waals surface area contributed by atoms with Gasteiger partial charge in [0.2, 0.25) is 10.0 Å². The van der Waals surface area contributed by atoms with Crippen molar-refractivity contribution in [2.24, 2.45) is 0 Å². The third-order valence-electron chi connectivity index (χ3n) is 3.53. The quantitative estimate of drug-likeness (QED) is 0.748. The van der Waals surface area contributed by atoms with Crippen molar-refractivity contribution in [2.75, 3.05) is 13.6 Å². The predicted molar refractivity (Wildman–Crippen MR) is 88.8 cm³/mol. The van der Waals surface area contributed by atoms with Crippen molar-refractivity contribution in [3.05, 3.63) is 40.4 Å². The molecule has 6 heteroatoms. The lowest BCUT2D eigenvalue weighted by atomic mass is 10.1. The lowest BCUT2D eigenvalue weighted by molar-refractivity contribution is 0.498. The summed E-state index contributed by atoms with van der Waals surface area (Å²) in [6.07, 6.45) is 4.00. The number of nitrogens with one attached hydrogen (secondary N) is 1. The molecule has 0 radical (unpaired) electrons. The van der Waals surface area contributed by atoms with E-state index < -0.39 is 10.0 Å². The fraction of sp³-hybridized carbons (Fsp3) is 0.467. The number of likely N-dealkylation sites (N-methyl/N-ethyl adjacent to an activating group) is 1. The van der Waals surface area contributed by atoms with Crippen LogP contribution < -0.4 is 5.32 Å². The second-order valence-corrected chi connectivity index (χ2v) is 8.26. The van der Waals surface area contributed by atoms with Gasteiger partial charge in [0.15, 0.2) is 0 Å². The average molecular weight is 373 g/mol. The van der Waals surface area contributed by atoms with E-state index in [2.05, 4.69) is 27.8 Å². The highest BCUT2D eigenvalue weighted by molar-refractivity contribution is 9.10. The summed E-state index contributed by atoms with van der Waals surface area (Å²) in [6.45, 7) is 6.50. The van der Waals surface area contributed by atoms with E-state index in [4.69, 9.17) is 0 Å². The van der Waals surface area contributed by atoms with Crippen molar-refractivity contribution in [1.29, 1.82) is 0 Å². The lowest BCUT2D eigenvalue weighted by Crippen LogP contribution is -2.27. The summed E-state index contributed by atoms with van der Waals surface area (Å²) in [5.41, 5.74) is 1.92. The van der Waals surface area contributed by atoms with Crippen LogP contribution in [0.3, 0.4) is 0 Å².